The zero-order chi connectivity index (χ0) is 21.1. The van der Waals surface area contributed by atoms with Crippen molar-refractivity contribution in [1.82, 2.24) is 19.9 Å². The predicted molar refractivity (Wildman–Crippen MR) is 115 cm³/mol. The van der Waals surface area contributed by atoms with E-state index in [0.29, 0.717) is 29.9 Å². The van der Waals surface area contributed by atoms with Gasteiger partial charge in [-0.25, -0.2) is 8.91 Å². The standard InChI is InChI=1S/C22H21FN4O2S/c1-14(2)29-19-8-6-15(7-9-19)21(28)24-11-10-18-13-30-22-25-20(26-27(18)22)16-4-3-5-17(23)12-16/h3-9,12-14H,10-11H2,1-2H3,(H,24,28). The van der Waals surface area contributed by atoms with Gasteiger partial charge in [-0.15, -0.1) is 16.4 Å². The molecule has 1 N–H and O–H groups in total. The van der Waals surface area contributed by atoms with Crippen LogP contribution in [0.25, 0.3) is 16.3 Å². The molecule has 8 heteroatoms. The number of amides is 1. The summed E-state index contributed by atoms with van der Waals surface area (Å²) in [6.45, 7) is 4.38. The van der Waals surface area contributed by atoms with Gasteiger partial charge in [0.1, 0.15) is 11.6 Å². The zero-order valence-electron chi connectivity index (χ0n) is 16.6. The number of aromatic nitrogens is 3. The first kappa shape index (κ1) is 20.0. The Hall–Kier alpha value is -3.26. The van der Waals surface area contributed by atoms with E-state index in [0.717, 1.165) is 16.4 Å². The van der Waals surface area contributed by atoms with Crippen molar-refractivity contribution in [2.24, 2.45) is 0 Å². The number of fused-ring (bicyclic) bond motifs is 1. The highest BCUT2D eigenvalue weighted by Crippen LogP contribution is 2.21. The van der Waals surface area contributed by atoms with E-state index < -0.39 is 0 Å². The number of nitrogens with zero attached hydrogens (tertiary/aromatic N) is 3. The van der Waals surface area contributed by atoms with Crippen LogP contribution in [0, 0.1) is 5.82 Å². The molecule has 0 bridgehead atoms. The van der Waals surface area contributed by atoms with Gasteiger partial charge in [-0.05, 0) is 50.2 Å². The van der Waals surface area contributed by atoms with Gasteiger partial charge in [-0.1, -0.05) is 12.1 Å². The summed E-state index contributed by atoms with van der Waals surface area (Å²) in [4.78, 5) is 17.6. The molecular formula is C22H21FN4O2S. The first-order valence-corrected chi connectivity index (χ1v) is 10.5. The molecule has 30 heavy (non-hydrogen) atoms. The lowest BCUT2D eigenvalue weighted by molar-refractivity contribution is 0.0954. The van der Waals surface area contributed by atoms with Gasteiger partial charge >= 0.3 is 0 Å². The van der Waals surface area contributed by atoms with Gasteiger partial charge in [0.2, 0.25) is 4.96 Å². The Balaban J connectivity index is 1.38. The molecule has 1 amide bonds. The minimum Gasteiger partial charge on any atom is -0.491 e. The van der Waals surface area contributed by atoms with Gasteiger partial charge in [-0.3, -0.25) is 4.79 Å². The van der Waals surface area contributed by atoms with Crippen molar-refractivity contribution < 1.29 is 13.9 Å². The Morgan fingerprint density at radius 2 is 2.03 bits per heavy atom. The average molecular weight is 425 g/mol. The highest BCUT2D eigenvalue weighted by atomic mass is 32.1. The first-order valence-electron chi connectivity index (χ1n) is 9.63. The summed E-state index contributed by atoms with van der Waals surface area (Å²) < 4.78 is 20.8. The van der Waals surface area contributed by atoms with Crippen LogP contribution in [0.3, 0.4) is 0 Å². The van der Waals surface area contributed by atoms with E-state index in [1.54, 1.807) is 40.9 Å². The quantitative estimate of drug-likeness (QED) is 0.479. The Morgan fingerprint density at radius 1 is 1.23 bits per heavy atom. The molecule has 2 aromatic heterocycles. The second-order valence-corrected chi connectivity index (χ2v) is 7.90. The molecule has 2 heterocycles. The average Bonchev–Trinajstić information content (AvgIpc) is 3.30. The van der Waals surface area contributed by atoms with Gasteiger partial charge in [0, 0.05) is 29.5 Å². The lowest BCUT2D eigenvalue weighted by Gasteiger charge is -2.10. The van der Waals surface area contributed by atoms with Crippen molar-refractivity contribution in [3.63, 3.8) is 0 Å². The number of ether oxygens (including phenoxy) is 1. The van der Waals surface area contributed by atoms with Gasteiger partial charge in [0.05, 0.1) is 11.8 Å². The maximum absolute atomic E-state index is 13.5. The fourth-order valence-electron chi connectivity index (χ4n) is 3.01. The highest BCUT2D eigenvalue weighted by molar-refractivity contribution is 7.15. The number of thiazole rings is 1. The van der Waals surface area contributed by atoms with Crippen LogP contribution in [0.1, 0.15) is 29.9 Å². The number of rotatable bonds is 7. The molecule has 0 spiro atoms. The Morgan fingerprint density at radius 3 is 2.77 bits per heavy atom. The number of benzene rings is 2. The van der Waals surface area contributed by atoms with Crippen molar-refractivity contribution in [1.29, 1.82) is 0 Å². The van der Waals surface area contributed by atoms with Gasteiger partial charge in [0.15, 0.2) is 5.82 Å². The van der Waals surface area contributed by atoms with Crippen LogP contribution in [0.5, 0.6) is 5.75 Å². The van der Waals surface area contributed by atoms with Crippen LogP contribution in [-0.4, -0.2) is 33.2 Å². The normalized spacial score (nSPS) is 11.2. The molecule has 0 atom stereocenters. The molecular weight excluding hydrogens is 403 g/mol. The zero-order valence-corrected chi connectivity index (χ0v) is 17.4. The lowest BCUT2D eigenvalue weighted by Crippen LogP contribution is -2.26. The van der Waals surface area contributed by atoms with E-state index in [4.69, 9.17) is 4.74 Å². The molecule has 0 saturated heterocycles. The number of carbonyl (C=O) groups excluding carboxylic acids is 1. The van der Waals surface area contributed by atoms with E-state index >= 15 is 0 Å². The number of halogens is 1. The number of hydrogen-bond donors (Lipinski definition) is 1. The van der Waals surface area contributed by atoms with Crippen LogP contribution in [-0.2, 0) is 6.42 Å². The molecule has 6 nitrogen and oxygen atoms in total. The van der Waals surface area contributed by atoms with Crippen LogP contribution in [0.15, 0.2) is 53.9 Å². The minimum atomic E-state index is -0.322. The number of carbonyl (C=O) groups is 1. The molecule has 2 aromatic carbocycles. The highest BCUT2D eigenvalue weighted by Gasteiger charge is 2.13. The summed E-state index contributed by atoms with van der Waals surface area (Å²) in [5, 5.41) is 9.38. The Bertz CT molecular complexity index is 1170. The predicted octanol–water partition coefficient (Wildman–Crippen LogP) is 4.36. The van der Waals surface area contributed by atoms with Crippen LogP contribution < -0.4 is 10.1 Å². The summed E-state index contributed by atoms with van der Waals surface area (Å²) in [6.07, 6.45) is 0.692. The third-order valence-corrected chi connectivity index (χ3v) is 5.25. The fraction of sp³-hybridized carbons (Fsp3) is 0.227. The summed E-state index contributed by atoms with van der Waals surface area (Å²) >= 11 is 1.46. The molecule has 0 radical (unpaired) electrons. The van der Waals surface area contributed by atoms with Gasteiger partial charge in [-0.2, -0.15) is 4.98 Å². The molecule has 154 valence electrons. The summed E-state index contributed by atoms with van der Waals surface area (Å²) in [5.41, 5.74) is 2.15. The van der Waals surface area contributed by atoms with Gasteiger partial charge < -0.3 is 10.1 Å². The lowest BCUT2D eigenvalue weighted by atomic mass is 10.2. The fourth-order valence-corrected chi connectivity index (χ4v) is 3.87. The van der Waals surface area contributed by atoms with Gasteiger partial charge in [0.25, 0.3) is 5.91 Å². The van der Waals surface area contributed by atoms with E-state index in [1.807, 2.05) is 19.2 Å². The smallest absolute Gasteiger partial charge is 0.251 e. The van der Waals surface area contributed by atoms with E-state index in [-0.39, 0.29) is 17.8 Å². The molecule has 4 aromatic rings. The molecule has 0 fully saturated rings. The third kappa shape index (κ3) is 4.49. The second kappa shape index (κ2) is 8.62. The first-order chi connectivity index (χ1) is 14.5. The third-order valence-electron chi connectivity index (χ3n) is 4.39. The maximum Gasteiger partial charge on any atom is 0.251 e. The second-order valence-electron chi connectivity index (χ2n) is 7.06. The summed E-state index contributed by atoms with van der Waals surface area (Å²) in [6, 6.07) is 13.3. The van der Waals surface area contributed by atoms with Crippen LogP contribution >= 0.6 is 11.3 Å². The minimum absolute atomic E-state index is 0.0883. The Kier molecular flexibility index (Phi) is 5.76. The summed E-state index contributed by atoms with van der Waals surface area (Å²) in [7, 11) is 0. The molecule has 4 rings (SSSR count). The van der Waals surface area contributed by atoms with Crippen molar-refractivity contribution in [2.75, 3.05) is 6.54 Å². The topological polar surface area (TPSA) is 68.5 Å². The van der Waals surface area contributed by atoms with Crippen molar-refractivity contribution in [2.45, 2.75) is 26.4 Å². The van der Waals surface area contributed by atoms with E-state index in [9.17, 15) is 9.18 Å². The van der Waals surface area contributed by atoms with Crippen molar-refractivity contribution in [3.05, 3.63) is 71.0 Å². The molecule has 0 aliphatic heterocycles. The SMILES string of the molecule is CC(C)Oc1ccc(C(=O)NCCc2csc3nc(-c4cccc(F)c4)nn23)cc1. The monoisotopic (exact) mass is 424 g/mol. The number of hydrogen-bond acceptors (Lipinski definition) is 5. The van der Waals surface area contributed by atoms with E-state index in [1.165, 1.54) is 23.5 Å². The maximum atomic E-state index is 13.5. The van der Waals surface area contributed by atoms with Crippen molar-refractivity contribution in [3.8, 4) is 17.1 Å². The molecule has 0 saturated carbocycles. The molecule has 0 aliphatic carbocycles. The molecule has 0 unspecified atom stereocenters. The molecule has 0 aliphatic rings. The van der Waals surface area contributed by atoms with E-state index in [2.05, 4.69) is 15.4 Å². The number of nitrogens with one attached hydrogen (secondary N) is 1. The summed E-state index contributed by atoms with van der Waals surface area (Å²) in [5.74, 6) is 0.756. The van der Waals surface area contributed by atoms with Crippen LogP contribution in [0.2, 0.25) is 0 Å². The Labute approximate surface area is 177 Å². The largest absolute Gasteiger partial charge is 0.491 e. The van der Waals surface area contributed by atoms with Crippen molar-refractivity contribution >= 4 is 22.2 Å². The van der Waals surface area contributed by atoms with Crippen LogP contribution in [0.4, 0.5) is 4.39 Å².